The van der Waals surface area contributed by atoms with Crippen molar-refractivity contribution in [3.05, 3.63) is 0 Å². The Morgan fingerprint density at radius 3 is 0.717 bits per heavy atom. The van der Waals surface area contributed by atoms with Gasteiger partial charge in [0.25, 0.3) is 0 Å². The summed E-state index contributed by atoms with van der Waals surface area (Å²) < 4.78 is 68.9. The van der Waals surface area contributed by atoms with Gasteiger partial charge in [0.15, 0.2) is 12.2 Å². The number of hydrogen-bond donors (Lipinski definition) is 3. The number of esters is 4. The van der Waals surface area contributed by atoms with Crippen LogP contribution >= 0.6 is 15.6 Å². The predicted octanol–water partition coefficient (Wildman–Crippen LogP) is 26.5. The molecule has 0 aromatic rings. The van der Waals surface area contributed by atoms with E-state index >= 15 is 0 Å². The molecule has 0 aliphatic heterocycles. The van der Waals surface area contributed by atoms with Crippen LogP contribution in [0.1, 0.15) is 459 Å². The second-order valence-corrected chi connectivity index (χ2v) is 35.4. The highest BCUT2D eigenvalue weighted by Crippen LogP contribution is 2.45. The molecule has 0 aromatic heterocycles. The van der Waals surface area contributed by atoms with Crippen LogP contribution in [0.3, 0.4) is 0 Å². The molecule has 3 N–H and O–H groups in total. The van der Waals surface area contributed by atoms with Crippen molar-refractivity contribution >= 4 is 39.5 Å². The summed E-state index contributed by atoms with van der Waals surface area (Å²) >= 11 is 0. The fourth-order valence-electron chi connectivity index (χ4n) is 13.5. The Balaban J connectivity index is 5.20. The zero-order chi connectivity index (χ0) is 77.9. The third kappa shape index (κ3) is 78.7. The van der Waals surface area contributed by atoms with Crippen molar-refractivity contribution in [3.8, 4) is 0 Å². The summed E-state index contributed by atoms with van der Waals surface area (Å²) in [5, 5.41) is 10.7. The summed E-state index contributed by atoms with van der Waals surface area (Å²) in [4.78, 5) is 73.2. The van der Waals surface area contributed by atoms with E-state index in [1.807, 2.05) is 0 Å². The van der Waals surface area contributed by atoms with E-state index in [1.165, 1.54) is 263 Å². The Labute approximate surface area is 651 Å². The molecule has 17 nitrogen and oxygen atoms in total. The molecule has 0 aliphatic rings. The lowest BCUT2D eigenvalue weighted by Crippen LogP contribution is -2.30. The first-order valence-corrected chi connectivity index (χ1v) is 47.9. The first-order chi connectivity index (χ1) is 51.3. The van der Waals surface area contributed by atoms with Crippen LogP contribution < -0.4 is 0 Å². The molecule has 0 aliphatic carbocycles. The number of carbonyl (C=O) groups is 4. The van der Waals surface area contributed by atoms with Crippen LogP contribution in [-0.2, 0) is 65.4 Å². The minimum absolute atomic E-state index is 0.107. The van der Waals surface area contributed by atoms with Gasteiger partial charge in [0.2, 0.25) is 0 Å². The Hall–Kier alpha value is -1.94. The molecule has 0 saturated carbocycles. The Morgan fingerprint density at radius 1 is 0.274 bits per heavy atom. The molecular formula is C87H170O17P2. The maximum absolute atomic E-state index is 13.2. The molecular weight excluding hydrogens is 1380 g/mol. The van der Waals surface area contributed by atoms with Crippen molar-refractivity contribution in [1.29, 1.82) is 0 Å². The quantitative estimate of drug-likeness (QED) is 0.0222. The lowest BCUT2D eigenvalue weighted by atomic mass is 9.99. The van der Waals surface area contributed by atoms with Gasteiger partial charge in [-0.25, -0.2) is 9.13 Å². The van der Waals surface area contributed by atoms with Crippen molar-refractivity contribution in [2.24, 2.45) is 17.8 Å². The van der Waals surface area contributed by atoms with Crippen LogP contribution in [0.2, 0.25) is 0 Å². The molecule has 0 fully saturated rings. The van der Waals surface area contributed by atoms with Crippen LogP contribution in [0.15, 0.2) is 0 Å². The molecule has 630 valence electrons. The smallest absolute Gasteiger partial charge is 0.462 e. The number of unbranched alkanes of at least 4 members (excludes halogenated alkanes) is 52. The van der Waals surface area contributed by atoms with Gasteiger partial charge in [0, 0.05) is 25.7 Å². The molecule has 6 atom stereocenters. The van der Waals surface area contributed by atoms with Gasteiger partial charge in [-0.2, -0.15) is 0 Å². The van der Waals surface area contributed by atoms with Gasteiger partial charge in [-0.3, -0.25) is 37.3 Å². The first-order valence-electron chi connectivity index (χ1n) is 44.9. The molecule has 19 heteroatoms. The van der Waals surface area contributed by atoms with Gasteiger partial charge in [-0.1, -0.05) is 408 Å². The minimum Gasteiger partial charge on any atom is -0.462 e. The molecule has 0 spiro atoms. The van der Waals surface area contributed by atoms with Gasteiger partial charge in [-0.15, -0.1) is 0 Å². The second kappa shape index (κ2) is 77.0. The maximum atomic E-state index is 13.2. The Morgan fingerprint density at radius 2 is 0.481 bits per heavy atom. The summed E-state index contributed by atoms with van der Waals surface area (Å²) in [6.07, 6.45) is 68.2. The van der Waals surface area contributed by atoms with Crippen molar-refractivity contribution in [2.45, 2.75) is 478 Å². The summed E-state index contributed by atoms with van der Waals surface area (Å²) in [6.45, 7) is 12.0. The predicted molar refractivity (Wildman–Crippen MR) is 437 cm³/mol. The highest BCUT2D eigenvalue weighted by molar-refractivity contribution is 7.47. The topological polar surface area (TPSA) is 237 Å². The summed E-state index contributed by atoms with van der Waals surface area (Å²) in [5.41, 5.74) is 0. The highest BCUT2D eigenvalue weighted by atomic mass is 31.2. The molecule has 0 heterocycles. The number of phosphoric acid groups is 2. The van der Waals surface area contributed by atoms with E-state index in [0.717, 1.165) is 108 Å². The number of rotatable bonds is 85. The van der Waals surface area contributed by atoms with Crippen molar-refractivity contribution < 1.29 is 80.2 Å². The van der Waals surface area contributed by atoms with Crippen LogP contribution in [0.5, 0.6) is 0 Å². The van der Waals surface area contributed by atoms with Crippen LogP contribution in [0.25, 0.3) is 0 Å². The van der Waals surface area contributed by atoms with E-state index < -0.39 is 97.5 Å². The molecule has 0 radical (unpaired) electrons. The average molecular weight is 1550 g/mol. The zero-order valence-corrected chi connectivity index (χ0v) is 71.7. The summed E-state index contributed by atoms with van der Waals surface area (Å²) in [5.74, 6) is 0.295. The normalized spacial score (nSPS) is 14.1. The Kier molecular flexibility index (Phi) is 75.6. The molecule has 0 amide bonds. The summed E-state index contributed by atoms with van der Waals surface area (Å²) in [6, 6.07) is 0. The number of aliphatic hydroxyl groups is 1. The lowest BCUT2D eigenvalue weighted by molar-refractivity contribution is -0.161. The monoisotopic (exact) mass is 1550 g/mol. The molecule has 0 bridgehead atoms. The second-order valence-electron chi connectivity index (χ2n) is 32.5. The zero-order valence-electron chi connectivity index (χ0n) is 69.9. The van der Waals surface area contributed by atoms with Crippen molar-refractivity contribution in [3.63, 3.8) is 0 Å². The Bertz CT molecular complexity index is 2050. The van der Waals surface area contributed by atoms with Crippen LogP contribution in [-0.4, -0.2) is 96.7 Å². The summed E-state index contributed by atoms with van der Waals surface area (Å²) in [7, 11) is -9.93. The third-order valence-electron chi connectivity index (χ3n) is 20.7. The van der Waals surface area contributed by atoms with Crippen LogP contribution in [0.4, 0.5) is 0 Å². The van der Waals surface area contributed by atoms with E-state index in [2.05, 4.69) is 48.5 Å². The maximum Gasteiger partial charge on any atom is 0.472 e. The molecule has 3 unspecified atom stereocenters. The first kappa shape index (κ1) is 104. The van der Waals surface area contributed by atoms with Crippen molar-refractivity contribution in [2.75, 3.05) is 39.6 Å². The molecule has 0 saturated heterocycles. The van der Waals surface area contributed by atoms with Gasteiger partial charge >= 0.3 is 39.5 Å². The molecule has 0 aromatic carbocycles. The van der Waals surface area contributed by atoms with E-state index in [9.17, 15) is 43.2 Å². The van der Waals surface area contributed by atoms with E-state index in [4.69, 9.17) is 37.0 Å². The van der Waals surface area contributed by atoms with Gasteiger partial charge < -0.3 is 33.8 Å². The standard InChI is InChI=1S/C87H170O17P2/c1-8-10-11-12-13-14-15-28-36-41-48-56-63-70-86(91)104-83(75-98-85(90)69-62-55-50-43-45-52-59-66-79(5)6)77-102-106(95,96)100-73-81(88)72-99-105(93,94)101-76-82(74-97-84(89)68-61-54-47-40-35-31-26-22-18-16-20-24-29-33-38-44-51-58-65-78(3)4)103-87(92)71-64-57-49-42-37-32-27-23-19-17-21-25-30-34-39-46-53-60-67-80(7)9-2/h78-83,88H,8-77H2,1-7H3,(H,93,94)(H,95,96)/t80?,81-,82-,83-/m1/s1. The van der Waals surface area contributed by atoms with Gasteiger partial charge in [0.05, 0.1) is 26.4 Å². The van der Waals surface area contributed by atoms with Crippen molar-refractivity contribution in [1.82, 2.24) is 0 Å². The van der Waals surface area contributed by atoms with E-state index in [0.29, 0.717) is 31.6 Å². The fraction of sp³-hybridized carbons (Fsp3) is 0.954. The van der Waals surface area contributed by atoms with Gasteiger partial charge in [0.1, 0.15) is 19.3 Å². The third-order valence-corrected chi connectivity index (χ3v) is 22.6. The largest absolute Gasteiger partial charge is 0.472 e. The van der Waals surface area contributed by atoms with E-state index in [-0.39, 0.29) is 25.7 Å². The SMILES string of the molecule is CCCCCCCCCCCCCCCC(=O)O[C@H](COC(=O)CCCCCCCCCC(C)C)COP(=O)(O)OC[C@H](O)COP(=O)(O)OC[C@@H](COC(=O)CCCCCCCCCCCCCCCCCCCCC(C)C)OC(=O)CCCCCCCCCCCCCCCCCCCCC(C)CC. The fourth-order valence-corrected chi connectivity index (χ4v) is 15.1. The molecule has 106 heavy (non-hydrogen) atoms. The average Bonchev–Trinajstić information content (AvgIpc) is 0.903. The lowest BCUT2D eigenvalue weighted by Gasteiger charge is -2.21. The van der Waals surface area contributed by atoms with Gasteiger partial charge in [-0.05, 0) is 43.4 Å². The number of hydrogen-bond acceptors (Lipinski definition) is 15. The number of carbonyl (C=O) groups excluding carboxylic acids is 4. The minimum atomic E-state index is -4.97. The number of phosphoric ester groups is 2. The molecule has 0 rings (SSSR count). The number of ether oxygens (including phenoxy) is 4. The van der Waals surface area contributed by atoms with E-state index in [1.54, 1.807) is 0 Å². The highest BCUT2D eigenvalue weighted by Gasteiger charge is 2.31. The van der Waals surface area contributed by atoms with Crippen LogP contribution in [0, 0.1) is 17.8 Å². The number of aliphatic hydroxyl groups excluding tert-OH is 1.